The van der Waals surface area contributed by atoms with Crippen LogP contribution in [0.3, 0.4) is 0 Å². The molecular formula is C39H45F2NO6. The number of ether oxygens (including phenoxy) is 2. The zero-order valence-electron chi connectivity index (χ0n) is 28.2. The van der Waals surface area contributed by atoms with Crippen LogP contribution in [0.5, 0.6) is 0 Å². The number of rotatable bonds is 7. The highest BCUT2D eigenvalue weighted by Gasteiger charge is 2.80. The summed E-state index contributed by atoms with van der Waals surface area (Å²) in [5.74, 6) is -2.58. The molecule has 4 aliphatic carbocycles. The number of fused-ring (bicyclic) bond motifs is 7. The van der Waals surface area contributed by atoms with Crippen molar-refractivity contribution in [3.05, 3.63) is 89.0 Å². The van der Waals surface area contributed by atoms with Crippen LogP contribution in [0.2, 0.25) is 0 Å². The number of aliphatic hydroxyl groups excluding tert-OH is 2. The summed E-state index contributed by atoms with van der Waals surface area (Å²) in [6.07, 6.45) is -0.622. The van der Waals surface area contributed by atoms with E-state index in [1.807, 2.05) is 24.3 Å². The number of hydrogen-bond donors (Lipinski definition) is 2. The molecule has 2 N–H and O–H groups in total. The zero-order chi connectivity index (χ0) is 34.4. The number of Topliss-reactive ketones (excluding diaryl/α,β-unsaturated/α-hetero) is 1. The standard InChI is InChI=1S/C39H45F2NO6/c1-22(2)42(5)26-8-6-7-24(16-26)15-23-9-11-25(12-10-23)35-47-34-19-28-29-18-31(40)30-17-27(44)13-14-36(30,3)38(29,41)32(45)20-37(28,4)39(34,48-35)33(46)21-43/h6-14,16-17,22,28-29,31-32,34-35,43,45H,15,18-21H2,1-5H3/t28-,29-,31-,32-,34+,35+,36-,37-,38-,39+/m0/s1. The van der Waals surface area contributed by atoms with E-state index in [2.05, 4.69) is 50.1 Å². The highest BCUT2D eigenvalue weighted by molar-refractivity contribution is 6.01. The van der Waals surface area contributed by atoms with Crippen LogP contribution in [-0.4, -0.2) is 71.1 Å². The Morgan fingerprint density at radius 1 is 1.08 bits per heavy atom. The highest BCUT2D eigenvalue weighted by Crippen LogP contribution is 2.72. The lowest BCUT2D eigenvalue weighted by atomic mass is 9.44. The maximum absolute atomic E-state index is 17.6. The number of aliphatic hydroxyl groups is 2. The van der Waals surface area contributed by atoms with E-state index < -0.39 is 76.8 Å². The number of nitrogens with zero attached hydrogens (tertiary/aromatic N) is 1. The molecule has 2 aromatic carbocycles. The van der Waals surface area contributed by atoms with Crippen LogP contribution in [0, 0.1) is 22.7 Å². The van der Waals surface area contributed by atoms with E-state index >= 15 is 8.78 Å². The number of carbonyl (C=O) groups is 2. The van der Waals surface area contributed by atoms with Crippen molar-refractivity contribution < 1.29 is 38.1 Å². The number of ketones is 2. The monoisotopic (exact) mass is 661 g/mol. The van der Waals surface area contributed by atoms with Crippen molar-refractivity contribution in [2.24, 2.45) is 22.7 Å². The second-order valence-corrected chi connectivity index (χ2v) is 15.3. The number of benzene rings is 2. The molecule has 0 spiro atoms. The predicted octanol–water partition coefficient (Wildman–Crippen LogP) is 5.76. The number of halogens is 2. The summed E-state index contributed by atoms with van der Waals surface area (Å²) in [4.78, 5) is 28.2. The summed E-state index contributed by atoms with van der Waals surface area (Å²) in [5, 5.41) is 22.0. The summed E-state index contributed by atoms with van der Waals surface area (Å²) in [5.41, 5.74) is -2.50. The molecule has 4 fully saturated rings. The van der Waals surface area contributed by atoms with Gasteiger partial charge in [-0.2, -0.15) is 0 Å². The van der Waals surface area contributed by atoms with Gasteiger partial charge in [-0.05, 0) is 93.4 Å². The van der Waals surface area contributed by atoms with Crippen molar-refractivity contribution >= 4 is 17.3 Å². The summed E-state index contributed by atoms with van der Waals surface area (Å²) in [6, 6.07) is 16.6. The topological polar surface area (TPSA) is 96.3 Å². The maximum atomic E-state index is 17.6. The Bertz CT molecular complexity index is 1690. The summed E-state index contributed by atoms with van der Waals surface area (Å²) in [7, 11) is 2.08. The number of carbonyl (C=O) groups excluding carboxylic acids is 2. The molecule has 5 aliphatic rings. The van der Waals surface area contributed by atoms with Crippen molar-refractivity contribution in [1.82, 2.24) is 0 Å². The first-order valence-electron chi connectivity index (χ1n) is 17.0. The molecule has 2 aromatic rings. The van der Waals surface area contributed by atoms with Gasteiger partial charge in [-0.3, -0.25) is 9.59 Å². The molecular weight excluding hydrogens is 616 g/mol. The molecule has 3 saturated carbocycles. The van der Waals surface area contributed by atoms with Crippen molar-refractivity contribution in [1.29, 1.82) is 0 Å². The van der Waals surface area contributed by atoms with E-state index in [4.69, 9.17) is 9.47 Å². The van der Waals surface area contributed by atoms with Crippen LogP contribution in [0.1, 0.15) is 69.9 Å². The molecule has 0 unspecified atom stereocenters. The van der Waals surface area contributed by atoms with Gasteiger partial charge in [0.05, 0.1) is 12.2 Å². The number of hydrogen-bond acceptors (Lipinski definition) is 7. The molecule has 48 heavy (non-hydrogen) atoms. The number of allylic oxidation sites excluding steroid dienone is 4. The maximum Gasteiger partial charge on any atom is 0.193 e. The highest BCUT2D eigenvalue weighted by atomic mass is 19.1. The SMILES string of the molecule is CC(C)N(C)c1cccc(Cc2ccc([C@@H]3O[C@@H]4C[C@H]5[C@@H]6C[C@H](F)C7=CC(=O)C=C[C@]7(C)[C@@]6(F)[C@@H](O)C[C@]5(C)[C@]4(C(=O)CO)O3)cc2)c1. The van der Waals surface area contributed by atoms with Gasteiger partial charge in [-0.1, -0.05) is 49.4 Å². The van der Waals surface area contributed by atoms with E-state index in [9.17, 15) is 19.8 Å². The van der Waals surface area contributed by atoms with Crippen LogP contribution in [0.4, 0.5) is 14.5 Å². The van der Waals surface area contributed by atoms with Crippen molar-refractivity contribution in [3.8, 4) is 0 Å². The van der Waals surface area contributed by atoms with Crippen LogP contribution in [0.15, 0.2) is 72.3 Å². The predicted molar refractivity (Wildman–Crippen MR) is 177 cm³/mol. The molecule has 9 heteroatoms. The normalized spacial score (nSPS) is 39.8. The Hall–Kier alpha value is -3.24. The van der Waals surface area contributed by atoms with Gasteiger partial charge >= 0.3 is 0 Å². The fraction of sp³-hybridized carbons (Fsp3) is 0.538. The molecule has 1 aliphatic heterocycles. The first-order chi connectivity index (χ1) is 22.7. The fourth-order valence-electron chi connectivity index (χ4n) is 9.93. The third-order valence-corrected chi connectivity index (χ3v) is 12.7. The summed E-state index contributed by atoms with van der Waals surface area (Å²) in [6.45, 7) is 6.81. The van der Waals surface area contributed by atoms with Gasteiger partial charge in [-0.15, -0.1) is 0 Å². The van der Waals surface area contributed by atoms with Crippen molar-refractivity contribution in [2.45, 2.75) is 95.4 Å². The van der Waals surface area contributed by atoms with Crippen molar-refractivity contribution in [2.75, 3.05) is 18.6 Å². The second-order valence-electron chi connectivity index (χ2n) is 15.3. The van der Waals surface area contributed by atoms with Gasteiger partial charge in [0.15, 0.2) is 29.1 Å². The molecule has 0 aromatic heterocycles. The Labute approximate surface area is 280 Å². The van der Waals surface area contributed by atoms with Crippen LogP contribution >= 0.6 is 0 Å². The molecule has 7 nitrogen and oxygen atoms in total. The Morgan fingerprint density at radius 3 is 2.50 bits per heavy atom. The smallest absolute Gasteiger partial charge is 0.193 e. The third-order valence-electron chi connectivity index (χ3n) is 12.7. The van der Waals surface area contributed by atoms with Crippen LogP contribution in [0.25, 0.3) is 0 Å². The molecule has 1 saturated heterocycles. The minimum atomic E-state index is -2.29. The van der Waals surface area contributed by atoms with E-state index in [1.54, 1.807) is 13.8 Å². The largest absolute Gasteiger partial charge is 0.390 e. The Kier molecular flexibility index (Phi) is 7.90. The lowest BCUT2D eigenvalue weighted by molar-refractivity contribution is -0.235. The molecule has 0 radical (unpaired) electrons. The van der Waals surface area contributed by atoms with E-state index in [1.165, 1.54) is 17.7 Å². The third kappa shape index (κ3) is 4.50. The number of alkyl halides is 2. The van der Waals surface area contributed by atoms with E-state index in [-0.39, 0.29) is 24.8 Å². The molecule has 0 bridgehead atoms. The van der Waals surface area contributed by atoms with Crippen molar-refractivity contribution in [3.63, 3.8) is 0 Å². The van der Waals surface area contributed by atoms with E-state index in [0.29, 0.717) is 11.6 Å². The second kappa shape index (κ2) is 11.4. The number of anilines is 1. The molecule has 10 atom stereocenters. The minimum absolute atomic E-state index is 0.0438. The van der Waals surface area contributed by atoms with Gasteiger partial charge in [0.1, 0.15) is 12.8 Å². The molecule has 1 heterocycles. The average molecular weight is 662 g/mol. The van der Waals surface area contributed by atoms with E-state index in [0.717, 1.165) is 23.7 Å². The molecule has 0 amide bonds. The average Bonchev–Trinajstić information content (AvgIpc) is 3.56. The molecule has 256 valence electrons. The fourth-order valence-corrected chi connectivity index (χ4v) is 9.93. The quantitative estimate of drug-likeness (QED) is 0.390. The van der Waals surface area contributed by atoms with Gasteiger partial charge in [0.2, 0.25) is 0 Å². The van der Waals surface area contributed by atoms with Gasteiger partial charge < -0.3 is 24.6 Å². The van der Waals surface area contributed by atoms with Gasteiger partial charge in [0, 0.05) is 41.1 Å². The lowest BCUT2D eigenvalue weighted by Gasteiger charge is -2.63. The first-order valence-corrected chi connectivity index (χ1v) is 17.0. The lowest BCUT2D eigenvalue weighted by Crippen LogP contribution is -2.70. The Balaban J connectivity index is 1.17. The zero-order valence-corrected chi connectivity index (χ0v) is 28.2. The minimum Gasteiger partial charge on any atom is -0.390 e. The van der Waals surface area contributed by atoms with Gasteiger partial charge in [0.25, 0.3) is 0 Å². The molecule has 7 rings (SSSR count). The summed E-state index contributed by atoms with van der Waals surface area (Å²) < 4.78 is 46.6. The van der Waals surface area contributed by atoms with Crippen LogP contribution in [-0.2, 0) is 25.5 Å². The Morgan fingerprint density at radius 2 is 1.81 bits per heavy atom. The summed E-state index contributed by atoms with van der Waals surface area (Å²) >= 11 is 0. The van der Waals surface area contributed by atoms with Gasteiger partial charge in [-0.25, -0.2) is 8.78 Å². The van der Waals surface area contributed by atoms with Crippen LogP contribution < -0.4 is 4.90 Å². The first kappa shape index (κ1) is 33.3.